The molecule has 0 radical (unpaired) electrons. The van der Waals surface area contributed by atoms with E-state index >= 15 is 0 Å². The van der Waals surface area contributed by atoms with Crippen LogP contribution >= 0.6 is 0 Å². The Kier molecular flexibility index (Phi) is 11.1. The Morgan fingerprint density at radius 3 is 2.45 bits per heavy atom. The number of ether oxygens (including phenoxy) is 3. The lowest BCUT2D eigenvalue weighted by Gasteiger charge is -2.30. The minimum atomic E-state index is -3.95. The van der Waals surface area contributed by atoms with E-state index in [1.54, 1.807) is 29.0 Å². The second kappa shape index (κ2) is 15.4. The van der Waals surface area contributed by atoms with Gasteiger partial charge >= 0.3 is 0 Å². The lowest BCUT2D eigenvalue weighted by Crippen LogP contribution is -2.38. The van der Waals surface area contributed by atoms with Crippen molar-refractivity contribution in [1.82, 2.24) is 14.2 Å². The van der Waals surface area contributed by atoms with E-state index in [0.29, 0.717) is 25.1 Å². The number of rotatable bonds is 14. The normalized spacial score (nSPS) is 16.5. The van der Waals surface area contributed by atoms with Crippen molar-refractivity contribution < 1.29 is 37.3 Å². The van der Waals surface area contributed by atoms with Crippen molar-refractivity contribution in [3.63, 3.8) is 0 Å². The number of carbonyl (C=O) groups excluding carboxylic acids is 2. The lowest BCUT2D eigenvalue weighted by atomic mass is 9.92. The third-order valence-corrected chi connectivity index (χ3v) is 9.91. The summed E-state index contributed by atoms with van der Waals surface area (Å²) >= 11 is 0. The van der Waals surface area contributed by atoms with Crippen LogP contribution in [0.2, 0.25) is 0 Å². The Morgan fingerprint density at radius 2 is 1.74 bits per heavy atom. The van der Waals surface area contributed by atoms with Crippen LogP contribution in [0.15, 0.2) is 102 Å². The van der Waals surface area contributed by atoms with Crippen LogP contribution in [0.25, 0.3) is 10.9 Å². The molecule has 11 nitrogen and oxygen atoms in total. The zero-order chi connectivity index (χ0) is 33.4. The average molecular weight is 662 g/mol. The summed E-state index contributed by atoms with van der Waals surface area (Å²) in [7, 11) is -2.45. The highest BCUT2D eigenvalue weighted by Gasteiger charge is 2.31. The number of sulfonamides is 1. The smallest absolute Gasteiger partial charge is 0.286 e. The van der Waals surface area contributed by atoms with Crippen LogP contribution in [0.4, 0.5) is 0 Å². The molecular weight excluding hydrogens is 622 g/mol. The highest BCUT2D eigenvalue weighted by Crippen LogP contribution is 2.36. The molecule has 47 heavy (non-hydrogen) atoms. The number of para-hydroxylation sites is 1. The summed E-state index contributed by atoms with van der Waals surface area (Å²) in [5, 5.41) is 13.4. The number of nitrogens with zero attached hydrogens (tertiary/aromatic N) is 2. The highest BCUT2D eigenvalue weighted by molar-refractivity contribution is 7.89. The maximum Gasteiger partial charge on any atom is 0.286 e. The molecule has 1 amide bonds. The number of hydrogen-bond donors (Lipinski definition) is 2. The van der Waals surface area contributed by atoms with Crippen LogP contribution < -0.4 is 10.1 Å². The minimum absolute atomic E-state index is 0.0555. The molecule has 3 aromatic carbocycles. The van der Waals surface area contributed by atoms with Gasteiger partial charge in [0, 0.05) is 50.5 Å². The third kappa shape index (κ3) is 8.09. The maximum absolute atomic E-state index is 13.4. The molecule has 2 atom stereocenters. The zero-order valence-electron chi connectivity index (χ0n) is 26.4. The number of amides is 1. The van der Waals surface area contributed by atoms with Crippen molar-refractivity contribution >= 4 is 32.7 Å². The van der Waals surface area contributed by atoms with Crippen LogP contribution in [0.5, 0.6) is 5.75 Å². The molecule has 1 aliphatic heterocycles. The van der Waals surface area contributed by atoms with Crippen molar-refractivity contribution in [3.8, 4) is 5.75 Å². The molecule has 0 saturated carbocycles. The van der Waals surface area contributed by atoms with E-state index in [1.807, 2.05) is 54.6 Å². The monoisotopic (exact) mass is 661 g/mol. The van der Waals surface area contributed by atoms with Gasteiger partial charge in [-0.25, -0.2) is 8.42 Å². The number of aliphatic hydroxyl groups excluding tert-OH is 1. The largest absolute Gasteiger partial charge is 0.497 e. The summed E-state index contributed by atoms with van der Waals surface area (Å²) < 4.78 is 46.7. The van der Waals surface area contributed by atoms with Gasteiger partial charge in [-0.1, -0.05) is 48.5 Å². The summed E-state index contributed by atoms with van der Waals surface area (Å²) in [5.74, 6) is -0.289. The number of benzene rings is 3. The Bertz CT molecular complexity index is 1820. The van der Waals surface area contributed by atoms with E-state index in [1.165, 1.54) is 26.2 Å². The van der Waals surface area contributed by atoms with E-state index in [0.717, 1.165) is 26.3 Å². The average Bonchev–Trinajstić information content (AvgIpc) is 3.48. The van der Waals surface area contributed by atoms with Gasteiger partial charge in [-0.15, -0.1) is 0 Å². The second-order valence-electron chi connectivity index (χ2n) is 11.1. The first-order valence-corrected chi connectivity index (χ1v) is 16.8. The molecule has 0 spiro atoms. The highest BCUT2D eigenvalue weighted by atomic mass is 32.2. The molecule has 1 aromatic heterocycles. The Morgan fingerprint density at radius 1 is 1.02 bits per heavy atom. The van der Waals surface area contributed by atoms with E-state index in [4.69, 9.17) is 14.2 Å². The van der Waals surface area contributed by atoms with Crippen LogP contribution in [-0.4, -0.2) is 80.5 Å². The predicted molar refractivity (Wildman–Crippen MR) is 176 cm³/mol. The third-order valence-electron chi connectivity index (χ3n) is 8.00. The van der Waals surface area contributed by atoms with Crippen LogP contribution in [-0.2, 0) is 30.7 Å². The van der Waals surface area contributed by atoms with Gasteiger partial charge in [-0.3, -0.25) is 14.2 Å². The zero-order valence-corrected chi connectivity index (χ0v) is 27.2. The van der Waals surface area contributed by atoms with Gasteiger partial charge in [0.2, 0.25) is 22.2 Å². The Hall–Kier alpha value is -4.49. The molecular formula is C35H39N3O8S. The fourth-order valence-electron chi connectivity index (χ4n) is 5.60. The van der Waals surface area contributed by atoms with Crippen molar-refractivity contribution in [2.24, 2.45) is 0 Å². The van der Waals surface area contributed by atoms with Gasteiger partial charge in [0.05, 0.1) is 30.7 Å². The summed E-state index contributed by atoms with van der Waals surface area (Å²) in [6.45, 7) is 1.24. The van der Waals surface area contributed by atoms with Crippen LogP contribution in [0.3, 0.4) is 0 Å². The van der Waals surface area contributed by atoms with Crippen molar-refractivity contribution in [3.05, 3.63) is 108 Å². The van der Waals surface area contributed by atoms with E-state index in [9.17, 15) is 23.1 Å². The number of fused-ring (bicyclic) bond motifs is 1. The number of hydrogen-bond acceptors (Lipinski definition) is 8. The van der Waals surface area contributed by atoms with Crippen LogP contribution in [0, 0.1) is 0 Å². The van der Waals surface area contributed by atoms with E-state index in [-0.39, 0.29) is 48.8 Å². The number of methoxy groups -OCH3 is 1. The SMILES string of the molecule is COc1ccc(S(=O)(=O)N(CCO)CCO[C@@H]2C[C@H](c3cn(C(C)=O)c4ccccc34)C=C(C(=O)NCCc3ccccc3)O2)cc1. The second-order valence-corrected chi connectivity index (χ2v) is 13.0. The van der Waals surface area contributed by atoms with Crippen molar-refractivity contribution in [2.45, 2.75) is 36.9 Å². The quantitative estimate of drug-likeness (QED) is 0.206. The summed E-state index contributed by atoms with van der Waals surface area (Å²) in [4.78, 5) is 25.9. The fourth-order valence-corrected chi connectivity index (χ4v) is 7.01. The molecule has 0 bridgehead atoms. The molecule has 0 fully saturated rings. The van der Waals surface area contributed by atoms with Gasteiger partial charge in [0.1, 0.15) is 5.75 Å². The van der Waals surface area contributed by atoms with Crippen molar-refractivity contribution in [2.75, 3.05) is 40.0 Å². The van der Waals surface area contributed by atoms with Gasteiger partial charge in [0.25, 0.3) is 5.91 Å². The number of allylic oxidation sites excluding steroid dienone is 1. The standard InChI is InChI=1S/C35H39N3O8S/c1-25(40)38-24-31(30-10-6-7-11-32(30)38)27-22-33(35(41)36-17-16-26-8-4-3-5-9-26)46-34(23-27)45-21-19-37(18-20-39)47(42,43)29-14-12-28(44-2)13-15-29/h3-15,22,24,27,34,39H,16-21,23H2,1-2H3,(H,36,41)/t27-,34+/m1/s1. The van der Waals surface area contributed by atoms with Gasteiger partial charge in [0.15, 0.2) is 5.76 Å². The first kappa shape index (κ1) is 33.9. The molecule has 4 aromatic rings. The van der Waals surface area contributed by atoms with Gasteiger partial charge < -0.3 is 24.6 Å². The maximum atomic E-state index is 13.4. The van der Waals surface area contributed by atoms with Crippen molar-refractivity contribution in [1.29, 1.82) is 0 Å². The Balaban J connectivity index is 1.34. The molecule has 2 N–H and O–H groups in total. The molecule has 5 rings (SSSR count). The van der Waals surface area contributed by atoms with Gasteiger partial charge in [-0.2, -0.15) is 4.31 Å². The topological polar surface area (TPSA) is 136 Å². The predicted octanol–water partition coefficient (Wildman–Crippen LogP) is 4.08. The first-order chi connectivity index (χ1) is 22.7. The lowest BCUT2D eigenvalue weighted by molar-refractivity contribution is -0.146. The number of aliphatic hydroxyl groups is 1. The summed E-state index contributed by atoms with van der Waals surface area (Å²) in [6, 6.07) is 23.3. The summed E-state index contributed by atoms with van der Waals surface area (Å²) in [6.07, 6.45) is 3.59. The molecule has 248 valence electrons. The fraction of sp³-hybridized carbons (Fsp3) is 0.314. The molecule has 0 aliphatic carbocycles. The van der Waals surface area contributed by atoms with Crippen LogP contribution in [0.1, 0.15) is 35.2 Å². The Labute approximate surface area is 274 Å². The van der Waals surface area contributed by atoms with E-state index < -0.39 is 22.2 Å². The van der Waals surface area contributed by atoms with E-state index in [2.05, 4.69) is 5.32 Å². The molecule has 12 heteroatoms. The molecule has 0 unspecified atom stereocenters. The number of carbonyl (C=O) groups is 2. The molecule has 0 saturated heterocycles. The molecule has 2 heterocycles. The first-order valence-electron chi connectivity index (χ1n) is 15.4. The number of nitrogens with one attached hydrogen (secondary N) is 1. The minimum Gasteiger partial charge on any atom is -0.497 e. The summed E-state index contributed by atoms with van der Waals surface area (Å²) in [5.41, 5.74) is 2.68. The molecule has 1 aliphatic rings. The number of aromatic nitrogens is 1. The van der Waals surface area contributed by atoms with Gasteiger partial charge in [-0.05, 0) is 54.0 Å².